The summed E-state index contributed by atoms with van der Waals surface area (Å²) in [6.07, 6.45) is 0.212. The first-order valence-electron chi connectivity index (χ1n) is 4.53. The van der Waals surface area contributed by atoms with Crippen molar-refractivity contribution in [3.05, 3.63) is 26.6 Å². The lowest BCUT2D eigenvalue weighted by Gasteiger charge is -2.06. The molecule has 0 heterocycles. The van der Waals surface area contributed by atoms with Gasteiger partial charge in [-0.2, -0.15) is 0 Å². The summed E-state index contributed by atoms with van der Waals surface area (Å²) in [5, 5.41) is 12.1. The van der Waals surface area contributed by atoms with Crippen LogP contribution in [-0.2, 0) is 11.2 Å². The van der Waals surface area contributed by atoms with E-state index < -0.39 is 6.09 Å². The zero-order valence-electron chi connectivity index (χ0n) is 8.59. The van der Waals surface area contributed by atoms with Crippen LogP contribution in [-0.4, -0.2) is 24.9 Å². The van der Waals surface area contributed by atoms with Crippen LogP contribution in [0.5, 0.6) is 5.75 Å². The smallest absolute Gasteiger partial charge is 0.406 e. The second kappa shape index (κ2) is 6.10. The minimum atomic E-state index is -0.447. The third-order valence-electron chi connectivity index (χ3n) is 1.95. The zero-order valence-corrected chi connectivity index (χ0v) is 11.8. The van der Waals surface area contributed by atoms with Gasteiger partial charge in [-0.05, 0) is 56.0 Å². The number of carbonyl (C=O) groups is 1. The van der Waals surface area contributed by atoms with Crippen molar-refractivity contribution in [3.63, 3.8) is 0 Å². The molecule has 0 aromatic heterocycles. The molecule has 4 nitrogen and oxygen atoms in total. The van der Waals surface area contributed by atoms with Gasteiger partial charge in [-0.1, -0.05) is 0 Å². The number of amides is 1. The summed E-state index contributed by atoms with van der Waals surface area (Å²) >= 11 is 6.48. The number of phenolic OH excluding ortho intramolecular Hbond substituents is 1. The number of methoxy groups -OCH3 is 1. The first-order chi connectivity index (χ1) is 7.54. The number of ether oxygens (including phenoxy) is 1. The number of halogens is 2. The van der Waals surface area contributed by atoms with Gasteiger partial charge in [-0.15, -0.1) is 0 Å². The lowest BCUT2D eigenvalue weighted by atomic mass is 10.1. The summed E-state index contributed by atoms with van der Waals surface area (Å²) in [7, 11) is 1.32. The maximum absolute atomic E-state index is 10.8. The molecule has 0 saturated heterocycles. The van der Waals surface area contributed by atoms with Crippen molar-refractivity contribution >= 4 is 38.0 Å². The Labute approximate surface area is 110 Å². The first-order valence-corrected chi connectivity index (χ1v) is 6.12. The third kappa shape index (κ3) is 3.68. The van der Waals surface area contributed by atoms with Crippen molar-refractivity contribution in [2.45, 2.75) is 6.42 Å². The maximum atomic E-state index is 10.8. The molecule has 0 spiro atoms. The van der Waals surface area contributed by atoms with Gasteiger partial charge in [0, 0.05) is 6.54 Å². The van der Waals surface area contributed by atoms with Crippen molar-refractivity contribution in [1.82, 2.24) is 5.32 Å². The fourth-order valence-electron chi connectivity index (χ4n) is 1.14. The molecule has 1 rings (SSSR count). The van der Waals surface area contributed by atoms with Gasteiger partial charge in [0.05, 0.1) is 16.1 Å². The number of phenols is 1. The Kier molecular flexibility index (Phi) is 5.08. The molecule has 0 atom stereocenters. The van der Waals surface area contributed by atoms with Gasteiger partial charge in [0.2, 0.25) is 0 Å². The average molecular weight is 353 g/mol. The van der Waals surface area contributed by atoms with Crippen LogP contribution in [0.1, 0.15) is 5.56 Å². The molecule has 0 fully saturated rings. The monoisotopic (exact) mass is 351 g/mol. The van der Waals surface area contributed by atoms with Crippen molar-refractivity contribution in [3.8, 4) is 5.75 Å². The second-order valence-electron chi connectivity index (χ2n) is 3.08. The molecule has 1 aromatic carbocycles. The molecule has 0 aliphatic rings. The first kappa shape index (κ1) is 13.3. The molecule has 16 heavy (non-hydrogen) atoms. The summed E-state index contributed by atoms with van der Waals surface area (Å²) in [6.45, 7) is 0.482. The van der Waals surface area contributed by atoms with E-state index in [0.29, 0.717) is 21.9 Å². The molecule has 1 amide bonds. The van der Waals surface area contributed by atoms with Gasteiger partial charge >= 0.3 is 6.09 Å². The largest absolute Gasteiger partial charge is 0.506 e. The summed E-state index contributed by atoms with van der Waals surface area (Å²) in [5.74, 6) is 0.171. The summed E-state index contributed by atoms with van der Waals surface area (Å²) in [5.41, 5.74) is 0.993. The quantitative estimate of drug-likeness (QED) is 0.879. The molecule has 0 aliphatic heterocycles. The highest BCUT2D eigenvalue weighted by atomic mass is 79.9. The minimum Gasteiger partial charge on any atom is -0.506 e. The van der Waals surface area contributed by atoms with E-state index in [1.54, 1.807) is 12.1 Å². The van der Waals surface area contributed by atoms with Gasteiger partial charge in [-0.3, -0.25) is 0 Å². The van der Waals surface area contributed by atoms with Crippen LogP contribution in [0.2, 0.25) is 0 Å². The van der Waals surface area contributed by atoms with Crippen LogP contribution in [0.3, 0.4) is 0 Å². The Bertz CT molecular complexity index is 373. The number of carbonyl (C=O) groups excluding carboxylic acids is 1. The van der Waals surface area contributed by atoms with Gasteiger partial charge < -0.3 is 15.2 Å². The maximum Gasteiger partial charge on any atom is 0.406 e. The highest BCUT2D eigenvalue weighted by Crippen LogP contribution is 2.33. The predicted octanol–water partition coefficient (Wildman–Crippen LogP) is 2.82. The Morgan fingerprint density at radius 1 is 1.44 bits per heavy atom. The van der Waals surface area contributed by atoms with Crippen LogP contribution < -0.4 is 5.32 Å². The van der Waals surface area contributed by atoms with Gasteiger partial charge in [-0.25, -0.2) is 4.79 Å². The second-order valence-corrected chi connectivity index (χ2v) is 4.79. The molecule has 1 aromatic rings. The Hall–Kier alpha value is -0.750. The number of nitrogens with one attached hydrogen (secondary N) is 1. The van der Waals surface area contributed by atoms with E-state index in [-0.39, 0.29) is 5.75 Å². The molecule has 0 aliphatic carbocycles. The van der Waals surface area contributed by atoms with E-state index in [9.17, 15) is 9.90 Å². The van der Waals surface area contributed by atoms with Crippen LogP contribution in [0.15, 0.2) is 21.1 Å². The van der Waals surface area contributed by atoms with E-state index >= 15 is 0 Å². The SMILES string of the molecule is COC(=O)NCCc1cc(Br)c(O)c(Br)c1. The molecular weight excluding hydrogens is 342 g/mol. The van der Waals surface area contributed by atoms with Crippen molar-refractivity contribution in [2.75, 3.05) is 13.7 Å². The molecular formula is C10H11Br2NO3. The third-order valence-corrected chi connectivity index (χ3v) is 3.15. The van der Waals surface area contributed by atoms with Crippen LogP contribution in [0, 0.1) is 0 Å². The zero-order chi connectivity index (χ0) is 12.1. The fraction of sp³-hybridized carbons (Fsp3) is 0.300. The van der Waals surface area contributed by atoms with Gasteiger partial charge in [0.15, 0.2) is 0 Å². The van der Waals surface area contributed by atoms with E-state index in [0.717, 1.165) is 5.56 Å². The molecule has 88 valence electrons. The van der Waals surface area contributed by atoms with Crippen molar-refractivity contribution in [1.29, 1.82) is 0 Å². The van der Waals surface area contributed by atoms with Crippen LogP contribution in [0.4, 0.5) is 4.79 Å². The average Bonchev–Trinajstić information content (AvgIpc) is 2.25. The Balaban J connectivity index is 2.58. The standard InChI is InChI=1S/C10H11Br2NO3/c1-16-10(15)13-3-2-6-4-7(11)9(14)8(12)5-6/h4-5,14H,2-3H2,1H3,(H,13,15). The lowest BCUT2D eigenvalue weighted by molar-refractivity contribution is 0.171. The predicted molar refractivity (Wildman–Crippen MR) is 67.6 cm³/mol. The Morgan fingerprint density at radius 3 is 2.50 bits per heavy atom. The highest BCUT2D eigenvalue weighted by Gasteiger charge is 2.06. The number of hydrogen-bond donors (Lipinski definition) is 2. The summed E-state index contributed by atoms with van der Waals surface area (Å²) in [6, 6.07) is 3.61. The number of benzene rings is 1. The van der Waals surface area contributed by atoms with E-state index in [4.69, 9.17) is 0 Å². The summed E-state index contributed by atoms with van der Waals surface area (Å²) < 4.78 is 5.69. The minimum absolute atomic E-state index is 0.171. The Morgan fingerprint density at radius 2 is 2.00 bits per heavy atom. The fourth-order valence-corrected chi connectivity index (χ4v) is 2.42. The topological polar surface area (TPSA) is 58.6 Å². The highest BCUT2D eigenvalue weighted by molar-refractivity contribution is 9.11. The van der Waals surface area contributed by atoms with E-state index in [1.807, 2.05) is 0 Å². The molecule has 0 bridgehead atoms. The lowest BCUT2D eigenvalue weighted by Crippen LogP contribution is -2.25. The van der Waals surface area contributed by atoms with Gasteiger partial charge in [0.1, 0.15) is 5.75 Å². The normalized spacial score (nSPS) is 9.94. The molecule has 2 N–H and O–H groups in total. The van der Waals surface area contributed by atoms with Crippen LogP contribution in [0.25, 0.3) is 0 Å². The number of hydrogen-bond acceptors (Lipinski definition) is 3. The van der Waals surface area contributed by atoms with Crippen molar-refractivity contribution in [2.24, 2.45) is 0 Å². The number of aromatic hydroxyl groups is 1. The number of alkyl carbamates (subject to hydrolysis) is 1. The molecule has 0 unspecified atom stereocenters. The summed E-state index contributed by atoms with van der Waals surface area (Å²) in [4.78, 5) is 10.8. The molecule has 0 saturated carbocycles. The molecule has 6 heteroatoms. The van der Waals surface area contributed by atoms with E-state index in [1.165, 1.54) is 7.11 Å². The number of rotatable bonds is 3. The van der Waals surface area contributed by atoms with E-state index in [2.05, 4.69) is 41.9 Å². The van der Waals surface area contributed by atoms with Crippen LogP contribution >= 0.6 is 31.9 Å². The van der Waals surface area contributed by atoms with Gasteiger partial charge in [0.25, 0.3) is 0 Å². The molecule has 0 radical (unpaired) electrons. The van der Waals surface area contributed by atoms with Crippen molar-refractivity contribution < 1.29 is 14.6 Å².